The van der Waals surface area contributed by atoms with Gasteiger partial charge < -0.3 is 4.90 Å². The lowest BCUT2D eigenvalue weighted by molar-refractivity contribution is -0.141. The van der Waals surface area contributed by atoms with E-state index in [2.05, 4.69) is 13.0 Å². The smallest absolute Gasteiger partial charge is 0.227 e. The molecule has 0 N–H and O–H groups in total. The Labute approximate surface area is 98.4 Å². The molecule has 0 atom stereocenters. The molecule has 1 rings (SSSR count). The largest absolute Gasteiger partial charge is 0.342 e. The van der Waals surface area contributed by atoms with Gasteiger partial charge in [0.05, 0.1) is 11.5 Å². The molecule has 0 aromatic carbocycles. The molecule has 16 heavy (non-hydrogen) atoms. The van der Waals surface area contributed by atoms with Crippen molar-refractivity contribution in [3.8, 4) is 6.07 Å². The molecular formula is C13H22N2O. The normalized spacial score (nSPS) is 20.3. The Morgan fingerprint density at radius 1 is 1.38 bits per heavy atom. The van der Waals surface area contributed by atoms with E-state index < -0.39 is 0 Å². The van der Waals surface area contributed by atoms with E-state index in [0.717, 1.165) is 32.4 Å². The van der Waals surface area contributed by atoms with Crippen molar-refractivity contribution in [1.29, 1.82) is 5.26 Å². The van der Waals surface area contributed by atoms with Gasteiger partial charge in [-0.1, -0.05) is 27.7 Å². The van der Waals surface area contributed by atoms with Gasteiger partial charge in [-0.15, -0.1) is 0 Å². The van der Waals surface area contributed by atoms with Gasteiger partial charge in [0.15, 0.2) is 0 Å². The van der Waals surface area contributed by atoms with Crippen LogP contribution in [0.2, 0.25) is 0 Å². The number of amides is 1. The van der Waals surface area contributed by atoms with Crippen LogP contribution >= 0.6 is 0 Å². The number of hydrogen-bond acceptors (Lipinski definition) is 2. The third-order valence-electron chi connectivity index (χ3n) is 3.56. The highest BCUT2D eigenvalue weighted by Crippen LogP contribution is 2.35. The lowest BCUT2D eigenvalue weighted by Gasteiger charge is -2.39. The lowest BCUT2D eigenvalue weighted by atomic mass is 9.77. The van der Waals surface area contributed by atoms with Gasteiger partial charge in [0.2, 0.25) is 5.91 Å². The number of carbonyl (C=O) groups excluding carboxylic acids is 1. The standard InChI is InChI=1S/C13H22N2O/c1-5-13(10-14)6-8-15(9-7-13)11(16)12(2,3)4/h5-9H2,1-4H3. The molecule has 1 amide bonds. The summed E-state index contributed by atoms with van der Waals surface area (Å²) < 4.78 is 0. The number of nitriles is 1. The molecule has 0 aromatic rings. The fraction of sp³-hybridized carbons (Fsp3) is 0.846. The molecule has 0 spiro atoms. The second-order valence-electron chi connectivity index (χ2n) is 5.79. The predicted octanol–water partition coefficient (Wildman–Crippen LogP) is 2.57. The minimum Gasteiger partial charge on any atom is -0.342 e. The summed E-state index contributed by atoms with van der Waals surface area (Å²) in [5.41, 5.74) is -0.493. The maximum absolute atomic E-state index is 12.1. The van der Waals surface area contributed by atoms with E-state index in [1.807, 2.05) is 25.7 Å². The van der Waals surface area contributed by atoms with E-state index in [9.17, 15) is 10.1 Å². The first kappa shape index (κ1) is 13.0. The van der Waals surface area contributed by atoms with Crippen molar-refractivity contribution in [3.05, 3.63) is 0 Å². The van der Waals surface area contributed by atoms with Gasteiger partial charge in [0.1, 0.15) is 0 Å². The number of nitrogens with zero attached hydrogens (tertiary/aromatic N) is 2. The SMILES string of the molecule is CCC1(C#N)CCN(C(=O)C(C)(C)C)CC1. The molecule has 0 unspecified atom stereocenters. The number of hydrogen-bond donors (Lipinski definition) is 0. The molecule has 90 valence electrons. The number of rotatable bonds is 1. The zero-order valence-electron chi connectivity index (χ0n) is 10.8. The number of likely N-dealkylation sites (tertiary alicyclic amines) is 1. The molecule has 1 fully saturated rings. The van der Waals surface area contributed by atoms with Crippen molar-refractivity contribution in [2.45, 2.75) is 47.0 Å². The first-order valence-electron chi connectivity index (χ1n) is 6.05. The molecule has 0 aromatic heterocycles. The van der Waals surface area contributed by atoms with Crippen molar-refractivity contribution in [2.24, 2.45) is 10.8 Å². The summed E-state index contributed by atoms with van der Waals surface area (Å²) >= 11 is 0. The van der Waals surface area contributed by atoms with Gasteiger partial charge in [-0.3, -0.25) is 4.79 Å². The van der Waals surface area contributed by atoms with E-state index in [1.54, 1.807) is 0 Å². The second kappa shape index (κ2) is 4.45. The van der Waals surface area contributed by atoms with Crippen LogP contribution in [-0.4, -0.2) is 23.9 Å². The molecule has 1 aliphatic rings. The third kappa shape index (κ3) is 2.55. The van der Waals surface area contributed by atoms with Gasteiger partial charge in [0.25, 0.3) is 0 Å². The highest BCUT2D eigenvalue weighted by molar-refractivity contribution is 5.81. The Balaban J connectivity index is 2.63. The number of carbonyl (C=O) groups is 1. The summed E-state index contributed by atoms with van der Waals surface area (Å²) in [6, 6.07) is 2.43. The van der Waals surface area contributed by atoms with Crippen LogP contribution in [0.25, 0.3) is 0 Å². The fourth-order valence-electron chi connectivity index (χ4n) is 2.16. The molecule has 1 heterocycles. The average molecular weight is 222 g/mol. The monoisotopic (exact) mass is 222 g/mol. The average Bonchev–Trinajstić information content (AvgIpc) is 2.27. The summed E-state index contributed by atoms with van der Waals surface area (Å²) in [6.45, 7) is 9.36. The zero-order valence-corrected chi connectivity index (χ0v) is 10.8. The first-order valence-corrected chi connectivity index (χ1v) is 6.05. The van der Waals surface area contributed by atoms with Gasteiger partial charge in [0, 0.05) is 18.5 Å². The molecule has 3 heteroatoms. The van der Waals surface area contributed by atoms with E-state index in [0.29, 0.717) is 0 Å². The zero-order chi connectivity index (χ0) is 12.4. The Hall–Kier alpha value is -1.04. The summed E-state index contributed by atoms with van der Waals surface area (Å²) in [5, 5.41) is 9.17. The Morgan fingerprint density at radius 2 is 1.88 bits per heavy atom. The first-order chi connectivity index (χ1) is 7.34. The molecule has 0 radical (unpaired) electrons. The molecular weight excluding hydrogens is 200 g/mol. The van der Waals surface area contributed by atoms with E-state index >= 15 is 0 Å². The van der Waals surface area contributed by atoms with Crippen LogP contribution < -0.4 is 0 Å². The second-order valence-corrected chi connectivity index (χ2v) is 5.79. The van der Waals surface area contributed by atoms with Crippen LogP contribution in [0.5, 0.6) is 0 Å². The van der Waals surface area contributed by atoms with Crippen molar-refractivity contribution in [1.82, 2.24) is 4.90 Å². The summed E-state index contributed by atoms with van der Waals surface area (Å²) in [7, 11) is 0. The third-order valence-corrected chi connectivity index (χ3v) is 3.56. The highest BCUT2D eigenvalue weighted by Gasteiger charge is 2.37. The summed E-state index contributed by atoms with van der Waals surface area (Å²) in [4.78, 5) is 14.0. The van der Waals surface area contributed by atoms with E-state index in [-0.39, 0.29) is 16.7 Å². The molecule has 1 saturated heterocycles. The quantitative estimate of drug-likeness (QED) is 0.684. The highest BCUT2D eigenvalue weighted by atomic mass is 16.2. The van der Waals surface area contributed by atoms with E-state index in [4.69, 9.17) is 0 Å². The van der Waals surface area contributed by atoms with Gasteiger partial charge >= 0.3 is 0 Å². The van der Waals surface area contributed by atoms with Crippen LogP contribution in [-0.2, 0) is 4.79 Å². The molecule has 0 bridgehead atoms. The van der Waals surface area contributed by atoms with Crippen LogP contribution in [0.4, 0.5) is 0 Å². The van der Waals surface area contributed by atoms with Gasteiger partial charge in [-0.25, -0.2) is 0 Å². The maximum atomic E-state index is 12.1. The van der Waals surface area contributed by atoms with Crippen molar-refractivity contribution in [2.75, 3.05) is 13.1 Å². The minimum atomic E-state index is -0.307. The molecule has 1 aliphatic heterocycles. The molecule has 3 nitrogen and oxygen atoms in total. The van der Waals surface area contributed by atoms with E-state index in [1.165, 1.54) is 0 Å². The van der Waals surface area contributed by atoms with Gasteiger partial charge in [-0.2, -0.15) is 5.26 Å². The fourth-order valence-corrected chi connectivity index (χ4v) is 2.16. The van der Waals surface area contributed by atoms with Crippen LogP contribution in [0.3, 0.4) is 0 Å². The van der Waals surface area contributed by atoms with Crippen molar-refractivity contribution < 1.29 is 4.79 Å². The Bertz CT molecular complexity index is 301. The molecule has 0 aliphatic carbocycles. The Kier molecular flexibility index (Phi) is 3.62. The van der Waals surface area contributed by atoms with Crippen LogP contribution in [0.15, 0.2) is 0 Å². The van der Waals surface area contributed by atoms with Crippen LogP contribution in [0, 0.1) is 22.2 Å². The lowest BCUT2D eigenvalue weighted by Crippen LogP contribution is -2.46. The number of piperidine rings is 1. The Morgan fingerprint density at radius 3 is 2.19 bits per heavy atom. The minimum absolute atomic E-state index is 0.186. The topological polar surface area (TPSA) is 44.1 Å². The molecule has 0 saturated carbocycles. The van der Waals surface area contributed by atoms with Gasteiger partial charge in [-0.05, 0) is 19.3 Å². The van der Waals surface area contributed by atoms with Crippen LogP contribution in [0.1, 0.15) is 47.0 Å². The van der Waals surface area contributed by atoms with Crippen molar-refractivity contribution >= 4 is 5.91 Å². The predicted molar refractivity (Wildman–Crippen MR) is 63.6 cm³/mol. The summed E-state index contributed by atoms with van der Waals surface area (Å²) in [6.07, 6.45) is 2.53. The summed E-state index contributed by atoms with van der Waals surface area (Å²) in [5.74, 6) is 0.204. The van der Waals surface area contributed by atoms with Crippen molar-refractivity contribution in [3.63, 3.8) is 0 Å². The maximum Gasteiger partial charge on any atom is 0.227 e.